The van der Waals surface area contributed by atoms with Crippen LogP contribution in [-0.2, 0) is 18.5 Å². The summed E-state index contributed by atoms with van der Waals surface area (Å²) in [7, 11) is 0.939. The summed E-state index contributed by atoms with van der Waals surface area (Å²) in [6.45, 7) is 5.23. The fourth-order valence-corrected chi connectivity index (χ4v) is 8.50. The van der Waals surface area contributed by atoms with Crippen LogP contribution in [0.1, 0.15) is 20.8 Å². The van der Waals surface area contributed by atoms with Crippen LogP contribution in [0.15, 0.2) is 87.5 Å². The highest BCUT2D eigenvalue weighted by molar-refractivity contribution is 8.33. The van der Waals surface area contributed by atoms with Crippen LogP contribution in [0.4, 0.5) is 16.2 Å². The molecular weight excluding hydrogens is 524 g/mol. The highest BCUT2D eigenvalue weighted by atomic mass is 32.3. The second kappa shape index (κ2) is 11.3. The Morgan fingerprint density at radius 2 is 1.21 bits per heavy atom. The predicted octanol–water partition coefficient (Wildman–Crippen LogP) is 6.31. The van der Waals surface area contributed by atoms with Crippen LogP contribution in [0.25, 0.3) is 0 Å². The molecule has 0 radical (unpaired) electrons. The average Bonchev–Trinajstić information content (AvgIpc) is 2.81. The molecule has 0 spiro atoms. The van der Waals surface area contributed by atoms with E-state index < -0.39 is 32.2 Å². The van der Waals surface area contributed by atoms with Crippen molar-refractivity contribution in [2.24, 2.45) is 0 Å². The molecule has 0 saturated carbocycles. The van der Waals surface area contributed by atoms with Crippen LogP contribution < -0.4 is 14.5 Å². The van der Waals surface area contributed by atoms with Crippen LogP contribution in [0.2, 0.25) is 0 Å². The Bertz CT molecular complexity index is 1310. The van der Waals surface area contributed by atoms with Gasteiger partial charge in [0.2, 0.25) is 0 Å². The minimum Gasteiger partial charge on any atom is -0.428 e. The Morgan fingerprint density at radius 1 is 0.737 bits per heavy atom. The summed E-state index contributed by atoms with van der Waals surface area (Å²) in [5.41, 5.74) is 1.17. The maximum atomic E-state index is 12.8. The van der Waals surface area contributed by atoms with E-state index in [9.17, 15) is 13.2 Å². The van der Waals surface area contributed by atoms with Crippen LogP contribution in [0.3, 0.4) is 0 Å². The fraction of sp³-hybridized carbons (Fsp3) is 0.321. The molecule has 0 aliphatic rings. The first-order chi connectivity index (χ1) is 17.6. The highest BCUT2D eigenvalue weighted by Crippen LogP contribution is 2.70. The first-order valence-electron chi connectivity index (χ1n) is 11.9. The lowest BCUT2D eigenvalue weighted by atomic mass is 10.2. The van der Waals surface area contributed by atoms with E-state index in [1.807, 2.05) is 86.5 Å². The Balaban J connectivity index is 2.27. The average molecular weight is 561 g/mol. The number of anilines is 2. The van der Waals surface area contributed by atoms with Crippen molar-refractivity contribution in [2.75, 3.05) is 44.2 Å². The summed E-state index contributed by atoms with van der Waals surface area (Å²) in [6, 6.07) is 21.9. The van der Waals surface area contributed by atoms with E-state index >= 15 is 0 Å². The lowest BCUT2D eigenvalue weighted by Crippen LogP contribution is -2.26. The number of hydrogen-bond donors (Lipinski definition) is 0. The zero-order chi connectivity index (χ0) is 28.3. The third-order valence-corrected chi connectivity index (χ3v) is 9.92. The van der Waals surface area contributed by atoms with E-state index in [-0.39, 0.29) is 5.75 Å². The van der Waals surface area contributed by atoms with Crippen LogP contribution >= 0.6 is 10.3 Å². The van der Waals surface area contributed by atoms with Gasteiger partial charge in [-0.1, -0.05) is 6.07 Å². The molecule has 0 N–H and O–H groups in total. The summed E-state index contributed by atoms with van der Waals surface area (Å²) in [5, 5.41) is 0. The van der Waals surface area contributed by atoms with Crippen molar-refractivity contribution in [3.63, 3.8) is 0 Å². The molecule has 38 heavy (non-hydrogen) atoms. The van der Waals surface area contributed by atoms with Crippen molar-refractivity contribution < 1.29 is 26.3 Å². The van der Waals surface area contributed by atoms with Gasteiger partial charge in [0.15, 0.2) is 0 Å². The Hall–Kier alpha value is -3.21. The number of hydrogen-bond acceptors (Lipinski definition) is 8. The first kappa shape index (κ1) is 29.3. The molecule has 0 saturated heterocycles. The molecule has 10 heteroatoms. The molecule has 0 unspecified atom stereocenters. The molecule has 3 aromatic carbocycles. The maximum absolute atomic E-state index is 12.8. The third kappa shape index (κ3) is 7.21. The number of ether oxygens (including phenoxy) is 2. The highest BCUT2D eigenvalue weighted by Gasteiger charge is 2.37. The van der Waals surface area contributed by atoms with Gasteiger partial charge >= 0.3 is 6.16 Å². The monoisotopic (exact) mass is 560 g/mol. The number of carbonyl (C=O) groups is 1. The summed E-state index contributed by atoms with van der Waals surface area (Å²) < 4.78 is 42.5. The molecule has 0 atom stereocenters. The number of rotatable bonds is 8. The van der Waals surface area contributed by atoms with Gasteiger partial charge in [0.1, 0.15) is 11.4 Å². The van der Waals surface area contributed by atoms with E-state index in [1.165, 1.54) is 0 Å². The van der Waals surface area contributed by atoms with Crippen LogP contribution in [-0.4, -0.2) is 54.6 Å². The van der Waals surface area contributed by atoms with Crippen molar-refractivity contribution in [2.45, 2.75) is 41.1 Å². The molecular formula is C28H36N2O6S2. The number of nitrogens with zero attached hydrogens (tertiary/aromatic N) is 2. The van der Waals surface area contributed by atoms with Crippen LogP contribution in [0.5, 0.6) is 5.75 Å². The van der Waals surface area contributed by atoms with Crippen molar-refractivity contribution in [3.05, 3.63) is 72.8 Å². The zero-order valence-electron chi connectivity index (χ0n) is 23.1. The largest absolute Gasteiger partial charge is 0.514 e. The SMILES string of the molecule is CN(C)c1ccc(S(OS(C)(=O)=O)(c2ccc(N(C)C)cc2)c2cccc(OC(=O)OC(C)(C)C)c2)cc1. The number of carbonyl (C=O) groups excluding carboxylic acids is 1. The van der Waals surface area contributed by atoms with E-state index in [0.29, 0.717) is 14.7 Å². The lowest BCUT2D eigenvalue weighted by Gasteiger charge is -2.39. The topological polar surface area (TPSA) is 85.4 Å². The smallest absolute Gasteiger partial charge is 0.428 e. The quantitative estimate of drug-likeness (QED) is 0.234. The van der Waals surface area contributed by atoms with Gasteiger partial charge in [-0.3, -0.25) is 0 Å². The molecule has 0 fully saturated rings. The molecule has 3 rings (SSSR count). The number of benzene rings is 3. The molecule has 0 aliphatic heterocycles. The molecule has 0 amide bonds. The van der Waals surface area contributed by atoms with Gasteiger partial charge in [0.05, 0.1) is 6.26 Å². The normalized spacial score (nSPS) is 12.5. The minimum atomic E-state index is -3.96. The van der Waals surface area contributed by atoms with E-state index in [4.69, 9.17) is 13.1 Å². The fourth-order valence-electron chi connectivity index (χ4n) is 3.67. The molecule has 0 aliphatic carbocycles. The molecule has 0 heterocycles. The van der Waals surface area contributed by atoms with Gasteiger partial charge in [-0.15, -0.1) is 0 Å². The maximum Gasteiger partial charge on any atom is 0.514 e. The van der Waals surface area contributed by atoms with Crippen molar-refractivity contribution in [3.8, 4) is 5.75 Å². The van der Waals surface area contributed by atoms with E-state index in [1.54, 1.807) is 45.0 Å². The van der Waals surface area contributed by atoms with Gasteiger partial charge < -0.3 is 19.3 Å². The van der Waals surface area contributed by atoms with Gasteiger partial charge in [-0.25, -0.2) is 8.42 Å². The lowest BCUT2D eigenvalue weighted by molar-refractivity contribution is 0.0205. The van der Waals surface area contributed by atoms with Crippen LogP contribution in [0, 0.1) is 0 Å². The summed E-state index contributed by atoms with van der Waals surface area (Å²) in [5.74, 6) is 0.209. The molecule has 3 aromatic rings. The Kier molecular flexibility index (Phi) is 8.70. The van der Waals surface area contributed by atoms with Crippen molar-refractivity contribution in [1.29, 1.82) is 0 Å². The van der Waals surface area contributed by atoms with Gasteiger partial charge in [0, 0.05) is 54.3 Å². The second-order valence-electron chi connectivity index (χ2n) is 10.1. The molecule has 206 valence electrons. The van der Waals surface area contributed by atoms with E-state index in [2.05, 4.69) is 0 Å². The Morgan fingerprint density at radius 3 is 1.61 bits per heavy atom. The van der Waals surface area contributed by atoms with Crippen molar-refractivity contribution >= 4 is 38.0 Å². The summed E-state index contributed by atoms with van der Waals surface area (Å²) in [6.07, 6.45) is 0.183. The Labute approximate surface area is 227 Å². The van der Waals surface area contributed by atoms with Gasteiger partial charge in [-0.05, 0) is 97.8 Å². The van der Waals surface area contributed by atoms with Gasteiger partial charge in [0.25, 0.3) is 10.1 Å². The summed E-state index contributed by atoms with van der Waals surface area (Å²) in [4.78, 5) is 18.2. The van der Waals surface area contributed by atoms with Gasteiger partial charge in [-0.2, -0.15) is 8.42 Å². The second-order valence-corrected chi connectivity index (χ2v) is 14.6. The molecule has 0 aromatic heterocycles. The minimum absolute atomic E-state index is 0.209. The first-order valence-corrected chi connectivity index (χ1v) is 15.3. The van der Waals surface area contributed by atoms with E-state index in [0.717, 1.165) is 17.6 Å². The predicted molar refractivity (Wildman–Crippen MR) is 153 cm³/mol. The standard InChI is InChI=1S/C28H36N2O6S2/c1-28(2,3)35-27(31)34-23-10-9-11-26(20-23)38(36-37(8,32)33,24-16-12-21(13-17-24)29(4)5)25-18-14-22(15-19-25)30(6)7/h9-20H,1-8H3. The third-order valence-electron chi connectivity index (χ3n) is 5.32. The zero-order valence-corrected chi connectivity index (χ0v) is 24.7. The molecule has 0 bridgehead atoms. The molecule has 8 nitrogen and oxygen atoms in total. The van der Waals surface area contributed by atoms with Crippen molar-refractivity contribution in [1.82, 2.24) is 0 Å². The summed E-state index contributed by atoms with van der Waals surface area (Å²) >= 11 is 0.